The Morgan fingerprint density at radius 3 is 2.38 bits per heavy atom. The second-order valence-electron chi connectivity index (χ2n) is 3.89. The Kier molecular flexibility index (Phi) is 4.72. The molecule has 5 nitrogen and oxygen atoms in total. The highest BCUT2D eigenvalue weighted by molar-refractivity contribution is 7.99. The number of carboxylic acid groups (broad SMARTS) is 1. The first-order valence-electron chi connectivity index (χ1n) is 5.53. The number of carbonyl (C=O) groups is 1. The molecule has 108 valence electrons. The quantitative estimate of drug-likeness (QED) is 0.639. The number of aromatic carboxylic acids is 1. The van der Waals surface area contributed by atoms with Crippen LogP contribution in [0, 0.1) is 10.1 Å². The summed E-state index contributed by atoms with van der Waals surface area (Å²) in [6.45, 7) is 0. The van der Waals surface area contributed by atoms with Gasteiger partial charge in [-0.2, -0.15) is 0 Å². The van der Waals surface area contributed by atoms with Gasteiger partial charge in [-0.25, -0.2) is 4.79 Å². The molecule has 0 unspecified atom stereocenters. The second-order valence-corrected chi connectivity index (χ2v) is 5.79. The van der Waals surface area contributed by atoms with Crippen LogP contribution in [0.5, 0.6) is 0 Å². The summed E-state index contributed by atoms with van der Waals surface area (Å²) < 4.78 is 0. The van der Waals surface area contributed by atoms with E-state index in [4.69, 9.17) is 28.3 Å². The normalized spacial score (nSPS) is 10.4. The van der Waals surface area contributed by atoms with Crippen LogP contribution < -0.4 is 0 Å². The van der Waals surface area contributed by atoms with Crippen LogP contribution in [0.25, 0.3) is 0 Å². The molecule has 0 aliphatic heterocycles. The molecule has 0 radical (unpaired) electrons. The molecule has 0 atom stereocenters. The molecular weight excluding hydrogens is 337 g/mol. The summed E-state index contributed by atoms with van der Waals surface area (Å²) in [5.74, 6) is -1.11. The zero-order valence-electron chi connectivity index (χ0n) is 10.2. The van der Waals surface area contributed by atoms with Gasteiger partial charge in [0, 0.05) is 11.0 Å². The van der Waals surface area contributed by atoms with E-state index in [2.05, 4.69) is 0 Å². The van der Waals surface area contributed by atoms with E-state index in [1.54, 1.807) is 18.2 Å². The van der Waals surface area contributed by atoms with Gasteiger partial charge in [-0.05, 0) is 18.2 Å². The van der Waals surface area contributed by atoms with E-state index in [-0.39, 0.29) is 26.2 Å². The molecule has 0 fully saturated rings. The number of rotatable bonds is 4. The molecule has 0 aliphatic rings. The molecule has 0 aliphatic carbocycles. The molecular formula is C13H7Cl2NO4S. The fourth-order valence-electron chi connectivity index (χ4n) is 1.59. The number of hydrogen-bond donors (Lipinski definition) is 1. The first-order chi connectivity index (χ1) is 9.90. The van der Waals surface area contributed by atoms with Gasteiger partial charge >= 0.3 is 5.97 Å². The van der Waals surface area contributed by atoms with Crippen molar-refractivity contribution >= 4 is 46.6 Å². The molecule has 0 saturated heterocycles. The van der Waals surface area contributed by atoms with Gasteiger partial charge < -0.3 is 5.11 Å². The van der Waals surface area contributed by atoms with E-state index in [0.29, 0.717) is 4.90 Å². The lowest BCUT2D eigenvalue weighted by molar-refractivity contribution is -0.387. The minimum absolute atomic E-state index is 0.0582. The summed E-state index contributed by atoms with van der Waals surface area (Å²) in [5, 5.41) is 20.4. The lowest BCUT2D eigenvalue weighted by atomic mass is 10.2. The van der Waals surface area contributed by atoms with Crippen LogP contribution in [-0.2, 0) is 0 Å². The summed E-state index contributed by atoms with van der Waals surface area (Å²) in [7, 11) is 0. The molecule has 1 N–H and O–H groups in total. The largest absolute Gasteiger partial charge is 0.478 e. The third-order valence-electron chi connectivity index (χ3n) is 2.54. The average molecular weight is 344 g/mol. The van der Waals surface area contributed by atoms with Crippen LogP contribution in [0.4, 0.5) is 5.69 Å². The highest BCUT2D eigenvalue weighted by atomic mass is 35.5. The maximum absolute atomic E-state index is 11.2. The van der Waals surface area contributed by atoms with E-state index < -0.39 is 10.9 Å². The molecule has 0 bridgehead atoms. The number of benzene rings is 2. The van der Waals surface area contributed by atoms with Crippen molar-refractivity contribution in [2.45, 2.75) is 9.79 Å². The van der Waals surface area contributed by atoms with Gasteiger partial charge in [-0.1, -0.05) is 47.1 Å². The minimum atomic E-state index is -1.11. The number of nitro groups is 1. The van der Waals surface area contributed by atoms with Crippen LogP contribution in [-0.4, -0.2) is 16.0 Å². The van der Waals surface area contributed by atoms with Gasteiger partial charge in [0.1, 0.15) is 0 Å². The van der Waals surface area contributed by atoms with Crippen LogP contribution in [0.1, 0.15) is 10.4 Å². The summed E-state index contributed by atoms with van der Waals surface area (Å²) in [4.78, 5) is 22.2. The molecule has 21 heavy (non-hydrogen) atoms. The molecule has 8 heteroatoms. The van der Waals surface area contributed by atoms with Crippen molar-refractivity contribution in [3.8, 4) is 0 Å². The van der Waals surface area contributed by atoms with E-state index in [0.717, 1.165) is 17.8 Å². The smallest absolute Gasteiger partial charge is 0.336 e. The van der Waals surface area contributed by atoms with Gasteiger partial charge in [0.25, 0.3) is 5.69 Å². The first kappa shape index (κ1) is 15.6. The van der Waals surface area contributed by atoms with Crippen LogP contribution in [0.2, 0.25) is 10.0 Å². The summed E-state index contributed by atoms with van der Waals surface area (Å²) in [6, 6.07) is 8.73. The fraction of sp³-hybridized carbons (Fsp3) is 0. The van der Waals surface area contributed by atoms with Crippen molar-refractivity contribution in [2.24, 2.45) is 0 Å². The highest BCUT2D eigenvalue weighted by Crippen LogP contribution is 2.40. The molecule has 2 aromatic carbocycles. The van der Waals surface area contributed by atoms with Crippen molar-refractivity contribution in [1.82, 2.24) is 0 Å². The summed E-state index contributed by atoms with van der Waals surface area (Å²) >= 11 is 12.6. The summed E-state index contributed by atoms with van der Waals surface area (Å²) in [6.07, 6.45) is 0. The predicted molar refractivity (Wildman–Crippen MR) is 80.6 cm³/mol. The zero-order chi connectivity index (χ0) is 15.6. The lowest BCUT2D eigenvalue weighted by Gasteiger charge is -2.07. The maximum Gasteiger partial charge on any atom is 0.336 e. The number of carboxylic acids is 1. The van der Waals surface area contributed by atoms with E-state index in [9.17, 15) is 14.9 Å². The van der Waals surface area contributed by atoms with Crippen molar-refractivity contribution in [1.29, 1.82) is 0 Å². The van der Waals surface area contributed by atoms with E-state index in [1.807, 2.05) is 0 Å². The molecule has 0 spiro atoms. The first-order valence-corrected chi connectivity index (χ1v) is 7.11. The molecule has 0 heterocycles. The van der Waals surface area contributed by atoms with E-state index in [1.165, 1.54) is 12.1 Å². The number of hydrogen-bond acceptors (Lipinski definition) is 4. The Labute approximate surface area is 133 Å². The Morgan fingerprint density at radius 2 is 1.76 bits per heavy atom. The molecule has 2 rings (SSSR count). The molecule has 0 aromatic heterocycles. The van der Waals surface area contributed by atoms with Gasteiger partial charge in [0.15, 0.2) is 0 Å². The third-order valence-corrected chi connectivity index (χ3v) is 4.38. The van der Waals surface area contributed by atoms with Crippen molar-refractivity contribution in [2.75, 3.05) is 0 Å². The molecule has 0 amide bonds. The number of halogens is 2. The predicted octanol–water partition coefficient (Wildman–Crippen LogP) is 4.75. The molecule has 0 saturated carbocycles. The standard InChI is InChI=1S/C13H7Cl2NO4S/c14-8-5-10(16(19)20)12(6-9(8)15)21-11-4-2-1-3-7(11)13(17)18/h1-6H,(H,17,18). The third kappa shape index (κ3) is 3.47. The Bertz CT molecular complexity index is 736. The van der Waals surface area contributed by atoms with Crippen molar-refractivity contribution in [3.63, 3.8) is 0 Å². The minimum Gasteiger partial charge on any atom is -0.478 e. The SMILES string of the molecule is O=C(O)c1ccccc1Sc1cc(Cl)c(Cl)cc1[N+](=O)[O-]. The monoisotopic (exact) mass is 343 g/mol. The van der Waals surface area contributed by atoms with Crippen LogP contribution in [0.15, 0.2) is 46.2 Å². The van der Waals surface area contributed by atoms with Crippen molar-refractivity contribution < 1.29 is 14.8 Å². The highest BCUT2D eigenvalue weighted by Gasteiger charge is 2.20. The number of nitro benzene ring substituents is 1. The summed E-state index contributed by atoms with van der Waals surface area (Å²) in [5.41, 5.74) is -0.169. The Hall–Kier alpha value is -1.76. The zero-order valence-corrected chi connectivity index (χ0v) is 12.6. The number of nitrogens with zero attached hydrogens (tertiary/aromatic N) is 1. The average Bonchev–Trinajstić information content (AvgIpc) is 2.42. The van der Waals surface area contributed by atoms with Crippen LogP contribution in [0.3, 0.4) is 0 Å². The Balaban J connectivity index is 2.52. The topological polar surface area (TPSA) is 80.4 Å². The fourth-order valence-corrected chi connectivity index (χ4v) is 3.04. The Morgan fingerprint density at radius 1 is 1.14 bits per heavy atom. The van der Waals surface area contributed by atoms with Crippen LogP contribution >= 0.6 is 35.0 Å². The van der Waals surface area contributed by atoms with E-state index >= 15 is 0 Å². The van der Waals surface area contributed by atoms with Gasteiger partial charge in [0.05, 0.1) is 25.4 Å². The van der Waals surface area contributed by atoms with Gasteiger partial charge in [-0.15, -0.1) is 0 Å². The lowest BCUT2D eigenvalue weighted by Crippen LogP contribution is -1.98. The van der Waals surface area contributed by atoms with Crippen molar-refractivity contribution in [3.05, 3.63) is 62.1 Å². The second kappa shape index (κ2) is 6.34. The maximum atomic E-state index is 11.2. The molecule has 2 aromatic rings. The van der Waals surface area contributed by atoms with Gasteiger partial charge in [-0.3, -0.25) is 10.1 Å². The van der Waals surface area contributed by atoms with Gasteiger partial charge in [0.2, 0.25) is 0 Å².